The van der Waals surface area contributed by atoms with Gasteiger partial charge >= 0.3 is 0 Å². The number of nitrogens with two attached hydrogens (primary N) is 1. The van der Waals surface area contributed by atoms with Crippen LogP contribution in [-0.2, 0) is 11.3 Å². The summed E-state index contributed by atoms with van der Waals surface area (Å²) in [6.45, 7) is 4.47. The highest BCUT2D eigenvalue weighted by Crippen LogP contribution is 2.06. The van der Waals surface area contributed by atoms with Crippen molar-refractivity contribution >= 4 is 5.91 Å². The molecule has 1 unspecified atom stereocenters. The second-order valence-electron chi connectivity index (χ2n) is 4.32. The van der Waals surface area contributed by atoms with Crippen molar-refractivity contribution in [2.75, 3.05) is 7.05 Å². The van der Waals surface area contributed by atoms with Crippen molar-refractivity contribution in [2.24, 2.45) is 11.7 Å². The lowest BCUT2D eigenvalue weighted by molar-refractivity contribution is -0.132. The molecule has 0 radical (unpaired) electrons. The van der Waals surface area contributed by atoms with E-state index in [0.29, 0.717) is 6.54 Å². The van der Waals surface area contributed by atoms with Crippen molar-refractivity contribution < 1.29 is 4.79 Å². The van der Waals surface area contributed by atoms with Crippen molar-refractivity contribution in [1.29, 1.82) is 0 Å². The number of hydrogen-bond donors (Lipinski definition) is 1. The van der Waals surface area contributed by atoms with Gasteiger partial charge in [-0.1, -0.05) is 13.8 Å². The number of hydrogen-bond acceptors (Lipinski definition) is 3. The predicted molar refractivity (Wildman–Crippen MR) is 63.5 cm³/mol. The minimum atomic E-state index is -0.424. The minimum Gasteiger partial charge on any atom is -0.340 e. The van der Waals surface area contributed by atoms with Gasteiger partial charge < -0.3 is 10.6 Å². The highest BCUT2D eigenvalue weighted by atomic mass is 16.2. The summed E-state index contributed by atoms with van der Waals surface area (Å²) in [6.07, 6.45) is 3.44. The van der Waals surface area contributed by atoms with Crippen LogP contribution in [0, 0.1) is 5.92 Å². The predicted octanol–water partition coefficient (Wildman–Crippen LogP) is 1.02. The number of amides is 1. The van der Waals surface area contributed by atoms with Crippen molar-refractivity contribution in [2.45, 2.75) is 26.4 Å². The second-order valence-corrected chi connectivity index (χ2v) is 4.32. The summed E-state index contributed by atoms with van der Waals surface area (Å²) in [4.78, 5) is 17.5. The molecule has 0 aliphatic heterocycles. The van der Waals surface area contributed by atoms with Crippen molar-refractivity contribution in [3.63, 3.8) is 0 Å². The van der Waals surface area contributed by atoms with E-state index in [2.05, 4.69) is 4.98 Å². The van der Waals surface area contributed by atoms with Crippen LogP contribution in [0.3, 0.4) is 0 Å². The Balaban J connectivity index is 2.59. The van der Waals surface area contributed by atoms with Gasteiger partial charge in [0.1, 0.15) is 0 Å². The minimum absolute atomic E-state index is 0.0215. The summed E-state index contributed by atoms with van der Waals surface area (Å²) in [6, 6.07) is 3.36. The van der Waals surface area contributed by atoms with E-state index in [0.717, 1.165) is 5.56 Å². The molecule has 1 amide bonds. The molecule has 1 aromatic heterocycles. The van der Waals surface area contributed by atoms with Gasteiger partial charge in [-0.2, -0.15) is 0 Å². The summed E-state index contributed by atoms with van der Waals surface area (Å²) < 4.78 is 0. The second kappa shape index (κ2) is 5.61. The van der Waals surface area contributed by atoms with Gasteiger partial charge in [-0.25, -0.2) is 0 Å². The molecule has 0 aliphatic rings. The molecule has 0 aromatic carbocycles. The first kappa shape index (κ1) is 12.6. The molecule has 2 N–H and O–H groups in total. The van der Waals surface area contributed by atoms with E-state index >= 15 is 0 Å². The summed E-state index contributed by atoms with van der Waals surface area (Å²) >= 11 is 0. The lowest BCUT2D eigenvalue weighted by Gasteiger charge is -2.23. The Labute approximate surface area is 96.5 Å². The highest BCUT2D eigenvalue weighted by Gasteiger charge is 2.20. The molecule has 4 heteroatoms. The van der Waals surface area contributed by atoms with Crippen LogP contribution in [0.1, 0.15) is 19.4 Å². The van der Waals surface area contributed by atoms with E-state index in [9.17, 15) is 4.79 Å². The molecule has 0 spiro atoms. The third kappa shape index (κ3) is 3.31. The van der Waals surface area contributed by atoms with Crippen LogP contribution in [0.15, 0.2) is 24.5 Å². The molecule has 16 heavy (non-hydrogen) atoms. The van der Waals surface area contributed by atoms with Crippen LogP contribution in [0.4, 0.5) is 0 Å². The molecule has 1 atom stereocenters. The van der Waals surface area contributed by atoms with Crippen molar-refractivity contribution in [1.82, 2.24) is 9.88 Å². The Kier molecular flexibility index (Phi) is 4.43. The fraction of sp³-hybridized carbons (Fsp3) is 0.500. The van der Waals surface area contributed by atoms with Gasteiger partial charge in [-0.3, -0.25) is 9.78 Å². The number of carbonyl (C=O) groups excluding carboxylic acids is 1. The maximum Gasteiger partial charge on any atom is 0.239 e. The summed E-state index contributed by atoms with van der Waals surface area (Å²) in [5, 5.41) is 0. The Morgan fingerprint density at radius 3 is 2.50 bits per heavy atom. The van der Waals surface area contributed by atoms with E-state index in [1.54, 1.807) is 24.3 Å². The molecule has 1 heterocycles. The Morgan fingerprint density at radius 1 is 1.44 bits per heavy atom. The van der Waals surface area contributed by atoms with Crippen LogP contribution in [0.5, 0.6) is 0 Å². The third-order valence-corrected chi connectivity index (χ3v) is 2.55. The number of pyridine rings is 1. The molecule has 1 aromatic rings. The van der Waals surface area contributed by atoms with Crippen LogP contribution < -0.4 is 5.73 Å². The first-order valence-electron chi connectivity index (χ1n) is 5.42. The number of likely N-dealkylation sites (N-methyl/N-ethyl adjacent to an activating group) is 1. The SMILES string of the molecule is CC(C)C(N)C(=O)N(C)Cc1ccncc1. The molecule has 1 rings (SSSR count). The third-order valence-electron chi connectivity index (χ3n) is 2.55. The molecular weight excluding hydrogens is 202 g/mol. The average molecular weight is 221 g/mol. The van der Waals surface area contributed by atoms with Gasteiger partial charge in [-0.15, -0.1) is 0 Å². The zero-order valence-corrected chi connectivity index (χ0v) is 10.1. The number of aromatic nitrogens is 1. The zero-order chi connectivity index (χ0) is 12.1. The average Bonchev–Trinajstić information content (AvgIpc) is 2.28. The zero-order valence-electron chi connectivity index (χ0n) is 10.1. The molecule has 0 saturated carbocycles. The largest absolute Gasteiger partial charge is 0.340 e. The Morgan fingerprint density at radius 2 is 2.00 bits per heavy atom. The van der Waals surface area contributed by atoms with Crippen LogP contribution >= 0.6 is 0 Å². The lowest BCUT2D eigenvalue weighted by Crippen LogP contribution is -2.44. The quantitative estimate of drug-likeness (QED) is 0.826. The number of nitrogens with zero attached hydrogens (tertiary/aromatic N) is 2. The van der Waals surface area contributed by atoms with E-state index in [-0.39, 0.29) is 11.8 Å². The van der Waals surface area contributed by atoms with E-state index in [4.69, 9.17) is 5.73 Å². The molecule has 0 saturated heterocycles. The Bertz CT molecular complexity index is 337. The number of carbonyl (C=O) groups is 1. The summed E-state index contributed by atoms with van der Waals surface area (Å²) in [5.74, 6) is 0.138. The van der Waals surface area contributed by atoms with Gasteiger partial charge in [0.15, 0.2) is 0 Å². The van der Waals surface area contributed by atoms with Crippen LogP contribution in [0.2, 0.25) is 0 Å². The van der Waals surface area contributed by atoms with E-state index in [1.807, 2.05) is 26.0 Å². The topological polar surface area (TPSA) is 59.2 Å². The van der Waals surface area contributed by atoms with Gasteiger partial charge in [0, 0.05) is 26.0 Å². The first-order valence-corrected chi connectivity index (χ1v) is 5.42. The molecule has 0 bridgehead atoms. The Hall–Kier alpha value is -1.42. The fourth-order valence-electron chi connectivity index (χ4n) is 1.38. The van der Waals surface area contributed by atoms with Crippen molar-refractivity contribution in [3.05, 3.63) is 30.1 Å². The van der Waals surface area contributed by atoms with Gasteiger partial charge in [-0.05, 0) is 23.6 Å². The van der Waals surface area contributed by atoms with E-state index < -0.39 is 6.04 Å². The molecular formula is C12H19N3O. The van der Waals surface area contributed by atoms with Gasteiger partial charge in [0.2, 0.25) is 5.91 Å². The molecule has 0 fully saturated rings. The van der Waals surface area contributed by atoms with Crippen molar-refractivity contribution in [3.8, 4) is 0 Å². The maximum absolute atomic E-state index is 11.9. The molecule has 4 nitrogen and oxygen atoms in total. The lowest BCUT2D eigenvalue weighted by atomic mass is 10.0. The van der Waals surface area contributed by atoms with Gasteiger partial charge in [0.05, 0.1) is 6.04 Å². The van der Waals surface area contributed by atoms with Crippen LogP contribution in [-0.4, -0.2) is 28.9 Å². The molecule has 0 aliphatic carbocycles. The number of rotatable bonds is 4. The maximum atomic E-state index is 11.9. The highest BCUT2D eigenvalue weighted by molar-refractivity contribution is 5.81. The van der Waals surface area contributed by atoms with Crippen LogP contribution in [0.25, 0.3) is 0 Å². The standard InChI is InChI=1S/C12H19N3O/c1-9(2)11(13)12(16)15(3)8-10-4-6-14-7-5-10/h4-7,9,11H,8,13H2,1-3H3. The summed E-state index contributed by atoms with van der Waals surface area (Å²) in [7, 11) is 1.77. The summed E-state index contributed by atoms with van der Waals surface area (Å²) in [5.41, 5.74) is 6.87. The van der Waals surface area contributed by atoms with E-state index in [1.165, 1.54) is 0 Å². The normalized spacial score (nSPS) is 12.6. The smallest absolute Gasteiger partial charge is 0.239 e. The van der Waals surface area contributed by atoms with Gasteiger partial charge in [0.25, 0.3) is 0 Å². The first-order chi connectivity index (χ1) is 7.52. The fourth-order valence-corrected chi connectivity index (χ4v) is 1.38. The molecule has 88 valence electrons. The monoisotopic (exact) mass is 221 g/mol.